The van der Waals surface area contributed by atoms with Gasteiger partial charge in [0.1, 0.15) is 18.1 Å². The third-order valence-corrected chi connectivity index (χ3v) is 4.68. The van der Waals surface area contributed by atoms with Crippen LogP contribution in [-0.2, 0) is 11.3 Å². The van der Waals surface area contributed by atoms with Crippen molar-refractivity contribution >= 4 is 11.4 Å². The van der Waals surface area contributed by atoms with Crippen molar-refractivity contribution in [2.24, 2.45) is 0 Å². The second-order valence-corrected chi connectivity index (χ2v) is 6.28. The van der Waals surface area contributed by atoms with E-state index in [0.717, 1.165) is 54.4 Å². The van der Waals surface area contributed by atoms with Gasteiger partial charge in [0.25, 0.3) is 0 Å². The van der Waals surface area contributed by atoms with Crippen LogP contribution >= 0.6 is 0 Å². The highest BCUT2D eigenvalue weighted by Gasteiger charge is 2.20. The van der Waals surface area contributed by atoms with Crippen LogP contribution in [0.5, 0.6) is 11.5 Å². The molecule has 2 aromatic rings. The number of hydrogen-bond donors (Lipinski definition) is 1. The van der Waals surface area contributed by atoms with E-state index in [4.69, 9.17) is 19.9 Å². The number of nitrogens with two attached hydrogens (primary N) is 1. The van der Waals surface area contributed by atoms with Crippen molar-refractivity contribution in [2.45, 2.75) is 25.6 Å². The summed E-state index contributed by atoms with van der Waals surface area (Å²) in [6.45, 7) is 2.44. The SMILES string of the molecule is COc1ccc(COc2ccc(N3CCC(OC)CC3)c(N)c2)cc1. The van der Waals surface area contributed by atoms with Crippen LogP contribution in [-0.4, -0.2) is 33.4 Å². The molecule has 2 aromatic carbocycles. The fourth-order valence-electron chi connectivity index (χ4n) is 3.13. The van der Waals surface area contributed by atoms with E-state index in [9.17, 15) is 0 Å². The van der Waals surface area contributed by atoms with Crippen LogP contribution in [0.2, 0.25) is 0 Å². The third kappa shape index (κ3) is 4.37. The predicted molar refractivity (Wildman–Crippen MR) is 100 cm³/mol. The highest BCUT2D eigenvalue weighted by Crippen LogP contribution is 2.30. The lowest BCUT2D eigenvalue weighted by molar-refractivity contribution is 0.0819. The maximum absolute atomic E-state index is 6.26. The molecule has 0 unspecified atom stereocenters. The summed E-state index contributed by atoms with van der Waals surface area (Å²) in [7, 11) is 3.44. The number of methoxy groups -OCH3 is 2. The Balaban J connectivity index is 1.59. The smallest absolute Gasteiger partial charge is 0.122 e. The van der Waals surface area contributed by atoms with E-state index >= 15 is 0 Å². The van der Waals surface area contributed by atoms with Gasteiger partial charge in [-0.3, -0.25) is 0 Å². The normalized spacial score (nSPS) is 15.2. The number of nitrogen functional groups attached to an aromatic ring is 1. The molecule has 1 aliphatic rings. The molecule has 0 aliphatic carbocycles. The Labute approximate surface area is 149 Å². The first-order chi connectivity index (χ1) is 12.2. The number of piperidine rings is 1. The van der Waals surface area contributed by atoms with Crippen molar-refractivity contribution in [1.82, 2.24) is 0 Å². The summed E-state index contributed by atoms with van der Waals surface area (Å²) in [6.07, 6.45) is 2.43. The fraction of sp³-hybridized carbons (Fsp3) is 0.400. The first kappa shape index (κ1) is 17.4. The number of benzene rings is 2. The van der Waals surface area contributed by atoms with Gasteiger partial charge in [-0.1, -0.05) is 12.1 Å². The maximum atomic E-state index is 6.26. The summed E-state index contributed by atoms with van der Waals surface area (Å²) in [4.78, 5) is 2.32. The van der Waals surface area contributed by atoms with Gasteiger partial charge < -0.3 is 24.8 Å². The average Bonchev–Trinajstić information content (AvgIpc) is 2.67. The van der Waals surface area contributed by atoms with Crippen LogP contribution in [0.1, 0.15) is 18.4 Å². The minimum absolute atomic E-state index is 0.365. The van der Waals surface area contributed by atoms with Crippen molar-refractivity contribution in [3.8, 4) is 11.5 Å². The Morgan fingerprint density at radius 3 is 2.28 bits per heavy atom. The molecule has 0 spiro atoms. The molecule has 0 amide bonds. The van der Waals surface area contributed by atoms with Crippen molar-refractivity contribution in [1.29, 1.82) is 0 Å². The summed E-state index contributed by atoms with van der Waals surface area (Å²) in [5.41, 5.74) is 9.17. The number of anilines is 2. The number of nitrogens with zero attached hydrogens (tertiary/aromatic N) is 1. The van der Waals surface area contributed by atoms with Gasteiger partial charge in [-0.25, -0.2) is 0 Å². The molecule has 5 heteroatoms. The van der Waals surface area contributed by atoms with Crippen LogP contribution in [0, 0.1) is 0 Å². The zero-order chi connectivity index (χ0) is 17.6. The molecule has 2 N–H and O–H groups in total. The monoisotopic (exact) mass is 342 g/mol. The predicted octanol–water partition coefficient (Wildman–Crippen LogP) is 3.47. The van der Waals surface area contributed by atoms with Gasteiger partial charge in [-0.05, 0) is 42.7 Å². The molecule has 134 valence electrons. The zero-order valence-corrected chi connectivity index (χ0v) is 14.9. The molecular formula is C20H26N2O3. The second kappa shape index (κ2) is 8.12. The minimum Gasteiger partial charge on any atom is -0.497 e. The van der Waals surface area contributed by atoms with E-state index < -0.39 is 0 Å². The van der Waals surface area contributed by atoms with Gasteiger partial charge in [-0.15, -0.1) is 0 Å². The van der Waals surface area contributed by atoms with Crippen molar-refractivity contribution in [2.75, 3.05) is 37.9 Å². The number of hydrogen-bond acceptors (Lipinski definition) is 5. The van der Waals surface area contributed by atoms with Crippen LogP contribution < -0.4 is 20.1 Å². The molecule has 1 aliphatic heterocycles. The molecule has 0 radical (unpaired) electrons. The van der Waals surface area contributed by atoms with E-state index in [2.05, 4.69) is 4.90 Å². The summed E-state index contributed by atoms with van der Waals surface area (Å²) in [5, 5.41) is 0. The van der Waals surface area contributed by atoms with E-state index in [0.29, 0.717) is 12.7 Å². The van der Waals surface area contributed by atoms with Gasteiger partial charge in [0.05, 0.1) is 24.6 Å². The van der Waals surface area contributed by atoms with Gasteiger partial charge >= 0.3 is 0 Å². The quantitative estimate of drug-likeness (QED) is 0.815. The van der Waals surface area contributed by atoms with Crippen molar-refractivity contribution in [3.63, 3.8) is 0 Å². The first-order valence-electron chi connectivity index (χ1n) is 8.62. The van der Waals surface area contributed by atoms with Gasteiger partial charge in [-0.2, -0.15) is 0 Å². The van der Waals surface area contributed by atoms with Crippen molar-refractivity contribution in [3.05, 3.63) is 48.0 Å². The lowest BCUT2D eigenvalue weighted by Gasteiger charge is -2.33. The number of rotatable bonds is 6. The summed E-state index contributed by atoms with van der Waals surface area (Å²) < 4.78 is 16.5. The van der Waals surface area contributed by atoms with Crippen molar-refractivity contribution < 1.29 is 14.2 Å². The standard InChI is InChI=1S/C20H26N2O3/c1-23-16-5-3-15(4-6-16)14-25-18-7-8-20(19(21)13-18)22-11-9-17(24-2)10-12-22/h3-8,13,17H,9-12,14,21H2,1-2H3. The van der Waals surface area contributed by atoms with Crippen LogP contribution in [0.3, 0.4) is 0 Å². The lowest BCUT2D eigenvalue weighted by atomic mass is 10.1. The van der Waals surface area contributed by atoms with Crippen LogP contribution in [0.25, 0.3) is 0 Å². The molecule has 5 nitrogen and oxygen atoms in total. The minimum atomic E-state index is 0.365. The highest BCUT2D eigenvalue weighted by molar-refractivity contribution is 5.69. The Bertz CT molecular complexity index is 680. The van der Waals surface area contributed by atoms with E-state index in [1.807, 2.05) is 42.5 Å². The topological polar surface area (TPSA) is 57.0 Å². The molecule has 1 heterocycles. The molecule has 3 rings (SSSR count). The van der Waals surface area contributed by atoms with Gasteiger partial charge in [0.2, 0.25) is 0 Å². The maximum Gasteiger partial charge on any atom is 0.122 e. The third-order valence-electron chi connectivity index (χ3n) is 4.68. The first-order valence-corrected chi connectivity index (χ1v) is 8.62. The second-order valence-electron chi connectivity index (χ2n) is 6.28. The molecule has 0 aromatic heterocycles. The molecule has 0 bridgehead atoms. The van der Waals surface area contributed by atoms with Gasteiger partial charge in [0, 0.05) is 26.3 Å². The molecule has 1 fully saturated rings. The van der Waals surface area contributed by atoms with Crippen LogP contribution in [0.4, 0.5) is 11.4 Å². The van der Waals surface area contributed by atoms with Crippen LogP contribution in [0.15, 0.2) is 42.5 Å². The Kier molecular flexibility index (Phi) is 5.66. The molecule has 1 saturated heterocycles. The highest BCUT2D eigenvalue weighted by atomic mass is 16.5. The van der Waals surface area contributed by atoms with E-state index in [-0.39, 0.29) is 0 Å². The summed E-state index contributed by atoms with van der Waals surface area (Å²) >= 11 is 0. The Morgan fingerprint density at radius 1 is 1.00 bits per heavy atom. The fourth-order valence-corrected chi connectivity index (χ4v) is 3.13. The molecule has 25 heavy (non-hydrogen) atoms. The average molecular weight is 342 g/mol. The molecule has 0 saturated carbocycles. The lowest BCUT2D eigenvalue weighted by Crippen LogP contribution is -2.36. The molecule has 0 atom stereocenters. The van der Waals surface area contributed by atoms with Gasteiger partial charge in [0.15, 0.2) is 0 Å². The summed E-state index contributed by atoms with van der Waals surface area (Å²) in [6, 6.07) is 13.8. The summed E-state index contributed by atoms with van der Waals surface area (Å²) in [5.74, 6) is 1.62. The van der Waals surface area contributed by atoms with E-state index in [1.54, 1.807) is 14.2 Å². The number of ether oxygens (including phenoxy) is 3. The Morgan fingerprint density at radius 2 is 1.68 bits per heavy atom. The zero-order valence-electron chi connectivity index (χ0n) is 14.9. The Hall–Kier alpha value is -2.40. The van der Waals surface area contributed by atoms with E-state index in [1.165, 1.54) is 0 Å². The molecular weight excluding hydrogens is 316 g/mol. The largest absolute Gasteiger partial charge is 0.497 e.